The molecule has 1 aliphatic carbocycles. The van der Waals surface area contributed by atoms with Crippen molar-refractivity contribution in [1.82, 2.24) is 10.6 Å². The van der Waals surface area contributed by atoms with Crippen LogP contribution in [-0.4, -0.2) is 47.3 Å². The largest absolute Gasteiger partial charge is 0.457 e. The van der Waals surface area contributed by atoms with Gasteiger partial charge in [0.15, 0.2) is 0 Å². The number of amides is 2. The minimum atomic E-state index is -0.926. The Labute approximate surface area is 194 Å². The van der Waals surface area contributed by atoms with E-state index in [1.807, 2.05) is 48.5 Å². The van der Waals surface area contributed by atoms with Crippen molar-refractivity contribution < 1.29 is 18.9 Å². The lowest BCUT2D eigenvalue weighted by molar-refractivity contribution is -0.139. The van der Waals surface area contributed by atoms with E-state index in [0.717, 1.165) is 32.0 Å². The van der Waals surface area contributed by atoms with Crippen LogP contribution < -0.4 is 16.4 Å². The average Bonchev–Trinajstić information content (AvgIpc) is 2.72. The van der Waals surface area contributed by atoms with Gasteiger partial charge in [-0.3, -0.25) is 9.59 Å². The third-order valence-electron chi connectivity index (χ3n) is 6.73. The van der Waals surface area contributed by atoms with Crippen molar-refractivity contribution in [2.75, 3.05) is 0 Å². The molecule has 7 nitrogen and oxygen atoms in total. The number of carbonyl (C=O) groups is 2. The van der Waals surface area contributed by atoms with Gasteiger partial charge in [0.05, 0.1) is 11.2 Å². The summed E-state index contributed by atoms with van der Waals surface area (Å²) >= 11 is 0. The van der Waals surface area contributed by atoms with Crippen LogP contribution in [0.3, 0.4) is 0 Å². The van der Waals surface area contributed by atoms with Gasteiger partial charge >= 0.3 is 7.12 Å². The van der Waals surface area contributed by atoms with Gasteiger partial charge in [-0.15, -0.1) is 12.4 Å². The van der Waals surface area contributed by atoms with Crippen LogP contribution in [0.25, 0.3) is 0 Å². The number of nitrogens with one attached hydrogen (secondary N) is 2. The summed E-state index contributed by atoms with van der Waals surface area (Å²) < 4.78 is 12.2. The first kappa shape index (κ1) is 28.2. The molecule has 31 heavy (non-hydrogen) atoms. The normalized spacial score (nSPS) is 26.3. The van der Waals surface area contributed by atoms with Gasteiger partial charge in [0.2, 0.25) is 11.8 Å². The highest BCUT2D eigenvalue weighted by Crippen LogP contribution is 2.41. The summed E-state index contributed by atoms with van der Waals surface area (Å²) in [4.78, 5) is 25.4. The number of carbonyl (C=O) groups excluding carboxylic acids is 2. The number of rotatable bonds is 8. The Hall–Kier alpha value is -0.825. The average molecular weight is 460 g/mol. The Balaban J connectivity index is 0.00000480. The van der Waals surface area contributed by atoms with E-state index in [1.165, 1.54) is 6.92 Å². The molecule has 0 spiro atoms. The SMILES string of the molecule is CC(=O)N[C@@](CCCCB1OC(C)(C)C(C)(C)O1)(C(=O)NC(C)(C)C)C1CC(N)C1.Cl. The van der Waals surface area contributed by atoms with E-state index in [4.69, 9.17) is 15.0 Å². The fraction of sp³-hybridized carbons (Fsp3) is 0.909. The molecule has 0 unspecified atom stereocenters. The molecule has 4 N–H and O–H groups in total. The molecule has 1 saturated carbocycles. The van der Waals surface area contributed by atoms with Crippen molar-refractivity contribution in [3.63, 3.8) is 0 Å². The fourth-order valence-corrected chi connectivity index (χ4v) is 4.35. The van der Waals surface area contributed by atoms with E-state index >= 15 is 0 Å². The lowest BCUT2D eigenvalue weighted by Gasteiger charge is -2.48. The van der Waals surface area contributed by atoms with Gasteiger partial charge in [0.1, 0.15) is 5.54 Å². The number of nitrogens with two attached hydrogens (primary N) is 1. The summed E-state index contributed by atoms with van der Waals surface area (Å²) in [7, 11) is -0.245. The summed E-state index contributed by atoms with van der Waals surface area (Å²) in [6, 6.07) is 0.0929. The molecule has 0 aromatic carbocycles. The molecule has 1 saturated heterocycles. The van der Waals surface area contributed by atoms with E-state index in [9.17, 15) is 9.59 Å². The summed E-state index contributed by atoms with van der Waals surface area (Å²) in [6.45, 7) is 15.5. The summed E-state index contributed by atoms with van der Waals surface area (Å²) in [5.74, 6) is -0.251. The van der Waals surface area contributed by atoms with Crippen LogP contribution in [-0.2, 0) is 18.9 Å². The molecule has 0 aromatic heterocycles. The topological polar surface area (TPSA) is 103 Å². The van der Waals surface area contributed by atoms with E-state index in [2.05, 4.69) is 10.6 Å². The monoisotopic (exact) mass is 459 g/mol. The predicted octanol–water partition coefficient (Wildman–Crippen LogP) is 3.20. The zero-order valence-corrected chi connectivity index (χ0v) is 21.4. The molecule has 0 radical (unpaired) electrons. The molecule has 0 bridgehead atoms. The van der Waals surface area contributed by atoms with Crippen molar-refractivity contribution in [2.24, 2.45) is 11.7 Å². The second kappa shape index (κ2) is 9.98. The second-order valence-electron chi connectivity index (χ2n) is 11.2. The Morgan fingerprint density at radius 1 is 1.03 bits per heavy atom. The van der Waals surface area contributed by atoms with Gasteiger partial charge in [-0.1, -0.05) is 12.8 Å². The van der Waals surface area contributed by atoms with Gasteiger partial charge in [-0.05, 0) is 80.0 Å². The molecule has 2 aliphatic rings. The Morgan fingerprint density at radius 2 is 1.55 bits per heavy atom. The van der Waals surface area contributed by atoms with Crippen molar-refractivity contribution in [3.8, 4) is 0 Å². The molecule has 1 aliphatic heterocycles. The first-order valence-corrected chi connectivity index (χ1v) is 11.3. The van der Waals surface area contributed by atoms with Gasteiger partial charge in [-0.2, -0.15) is 0 Å². The van der Waals surface area contributed by atoms with E-state index in [1.54, 1.807) is 0 Å². The fourth-order valence-electron chi connectivity index (χ4n) is 4.35. The van der Waals surface area contributed by atoms with Crippen molar-refractivity contribution >= 4 is 31.3 Å². The first-order chi connectivity index (χ1) is 13.6. The standard InChI is InChI=1S/C22H42BN3O4.ClH/c1-15(27)25-22(16-13-17(24)14-16,18(28)26-19(2,3)4)11-9-10-12-23-29-20(5,6)21(7,8)30-23;/h16-17H,9-14,24H2,1-8H3,(H,25,27)(H,26,28);1H/t16?,17?,22-;/m1./s1. The van der Waals surface area contributed by atoms with Crippen LogP contribution in [0.4, 0.5) is 0 Å². The van der Waals surface area contributed by atoms with Crippen LogP contribution in [0.1, 0.15) is 87.5 Å². The smallest absolute Gasteiger partial charge is 0.403 e. The highest BCUT2D eigenvalue weighted by Gasteiger charge is 2.52. The highest BCUT2D eigenvalue weighted by atomic mass is 35.5. The Kier molecular flexibility index (Phi) is 9.08. The molecule has 0 aromatic rings. The third kappa shape index (κ3) is 6.83. The molecule has 2 rings (SSSR count). The van der Waals surface area contributed by atoms with Crippen molar-refractivity contribution in [3.05, 3.63) is 0 Å². The zero-order chi connectivity index (χ0) is 23.0. The lowest BCUT2D eigenvalue weighted by Crippen LogP contribution is -2.68. The van der Waals surface area contributed by atoms with Gasteiger partial charge in [0.25, 0.3) is 0 Å². The van der Waals surface area contributed by atoms with Crippen molar-refractivity contribution in [2.45, 2.75) is 122 Å². The third-order valence-corrected chi connectivity index (χ3v) is 6.73. The lowest BCUT2D eigenvalue weighted by atomic mass is 9.65. The number of hydrogen-bond acceptors (Lipinski definition) is 5. The first-order valence-electron chi connectivity index (χ1n) is 11.3. The van der Waals surface area contributed by atoms with Crippen LogP contribution >= 0.6 is 12.4 Å². The molecule has 2 amide bonds. The molecule has 9 heteroatoms. The maximum Gasteiger partial charge on any atom is 0.457 e. The highest BCUT2D eigenvalue weighted by molar-refractivity contribution is 6.45. The van der Waals surface area contributed by atoms with Crippen molar-refractivity contribution in [1.29, 1.82) is 0 Å². The molecule has 1 atom stereocenters. The maximum absolute atomic E-state index is 13.4. The van der Waals surface area contributed by atoms with Gasteiger partial charge in [0, 0.05) is 18.5 Å². The Bertz CT molecular complexity index is 631. The van der Waals surface area contributed by atoms with Gasteiger partial charge < -0.3 is 25.7 Å². The molecular formula is C22H43BClN3O4. The maximum atomic E-state index is 13.4. The van der Waals surface area contributed by atoms with Crippen LogP contribution in [0.15, 0.2) is 0 Å². The van der Waals surface area contributed by atoms with E-state index < -0.39 is 5.54 Å². The quantitative estimate of drug-likeness (QED) is 0.382. The number of hydrogen-bond donors (Lipinski definition) is 3. The predicted molar refractivity (Wildman–Crippen MR) is 127 cm³/mol. The van der Waals surface area contributed by atoms with Crippen LogP contribution in [0.5, 0.6) is 0 Å². The summed E-state index contributed by atoms with van der Waals surface area (Å²) in [5.41, 5.74) is 4.05. The minimum Gasteiger partial charge on any atom is -0.403 e. The van der Waals surface area contributed by atoms with E-state index in [-0.39, 0.29) is 60.0 Å². The van der Waals surface area contributed by atoms with E-state index in [0.29, 0.717) is 6.42 Å². The molecular weight excluding hydrogens is 417 g/mol. The molecule has 180 valence electrons. The Morgan fingerprint density at radius 3 is 1.97 bits per heavy atom. The van der Waals surface area contributed by atoms with Gasteiger partial charge in [-0.25, -0.2) is 0 Å². The molecule has 2 fully saturated rings. The second-order valence-corrected chi connectivity index (χ2v) is 11.2. The number of halogens is 1. The van der Waals surface area contributed by atoms with Crippen LogP contribution in [0, 0.1) is 5.92 Å². The van der Waals surface area contributed by atoms with Crippen LogP contribution in [0.2, 0.25) is 6.32 Å². The summed E-state index contributed by atoms with van der Waals surface area (Å²) in [6.07, 6.45) is 4.46. The zero-order valence-electron chi connectivity index (χ0n) is 20.6. The minimum absolute atomic E-state index is 0. The summed E-state index contributed by atoms with van der Waals surface area (Å²) in [5, 5.41) is 6.11. The molecule has 1 heterocycles. The number of unbranched alkanes of at least 4 members (excludes halogenated alkanes) is 1.